The molecule has 0 aromatic heterocycles. The van der Waals surface area contributed by atoms with Crippen molar-refractivity contribution in [3.63, 3.8) is 0 Å². The van der Waals surface area contributed by atoms with E-state index in [2.05, 4.69) is 329 Å². The van der Waals surface area contributed by atoms with Crippen molar-refractivity contribution in [1.29, 1.82) is 0 Å². The zero-order valence-electron chi connectivity index (χ0n) is 51.7. The summed E-state index contributed by atoms with van der Waals surface area (Å²) in [6, 6.07) is 85.8. The molecule has 1 aliphatic carbocycles. The molecule has 0 fully saturated rings. The van der Waals surface area contributed by atoms with Crippen molar-refractivity contribution in [1.82, 2.24) is 0 Å². The van der Waals surface area contributed by atoms with E-state index in [1.54, 1.807) is 0 Å². The quantitative estimate of drug-likeness (QED) is 0.140. The minimum atomic E-state index is -0.130. The summed E-state index contributed by atoms with van der Waals surface area (Å²) in [5.74, 6) is 0. The molecule has 4 heteroatoms. The summed E-state index contributed by atoms with van der Waals surface area (Å²) < 4.78 is 0. The van der Waals surface area contributed by atoms with Crippen molar-refractivity contribution in [2.45, 2.75) is 130 Å². The highest BCUT2D eigenvalue weighted by Gasteiger charge is 2.48. The third kappa shape index (κ3) is 9.66. The first kappa shape index (κ1) is 54.9. The Bertz CT molecular complexity index is 4020. The van der Waals surface area contributed by atoms with Gasteiger partial charge in [-0.25, -0.2) is 0 Å². The van der Waals surface area contributed by atoms with E-state index >= 15 is 0 Å². The fourth-order valence-electron chi connectivity index (χ4n) is 13.7. The molecular formula is C80H80BN3. The highest BCUT2D eigenvalue weighted by Crippen LogP contribution is 2.54. The topological polar surface area (TPSA) is 9.72 Å². The molecule has 0 atom stereocenters. The number of para-hydroxylation sites is 2. The van der Waals surface area contributed by atoms with E-state index in [4.69, 9.17) is 0 Å². The number of benzene rings is 10. The SMILES string of the molecule is CC(C)(C)c1ccc(N2c3ccc(C(C)(C)C)cc3B3c4cc5c(cc4N(c4ccc(C(C)(C)C)cc4-c4cc(-c6ccccc6)cc(-c6ccccc6)c4)c4cc(N(c6ccccc6)c6ccccc6)cc2c43)C(C)(C)CCC5(C)C)cc1. The summed E-state index contributed by atoms with van der Waals surface area (Å²) >= 11 is 0. The zero-order valence-corrected chi connectivity index (χ0v) is 51.7. The van der Waals surface area contributed by atoms with Gasteiger partial charge in [-0.05, 0) is 203 Å². The van der Waals surface area contributed by atoms with Crippen LogP contribution in [0, 0.1) is 0 Å². The van der Waals surface area contributed by atoms with Crippen LogP contribution >= 0.6 is 0 Å². The highest BCUT2D eigenvalue weighted by molar-refractivity contribution is 7.00. The van der Waals surface area contributed by atoms with Gasteiger partial charge in [0, 0.05) is 45.4 Å². The zero-order chi connectivity index (χ0) is 58.7. The second-order valence-electron chi connectivity index (χ2n) is 28.6. The van der Waals surface area contributed by atoms with Crippen molar-refractivity contribution in [3.8, 4) is 33.4 Å². The van der Waals surface area contributed by atoms with Gasteiger partial charge < -0.3 is 14.7 Å². The van der Waals surface area contributed by atoms with E-state index in [1.807, 2.05) is 0 Å². The van der Waals surface area contributed by atoms with Gasteiger partial charge in [-0.2, -0.15) is 0 Å². The second-order valence-corrected chi connectivity index (χ2v) is 28.6. The average Bonchev–Trinajstić information content (AvgIpc) is 0.717. The third-order valence-corrected chi connectivity index (χ3v) is 18.7. The first-order valence-electron chi connectivity index (χ1n) is 30.6. The molecule has 0 unspecified atom stereocenters. The predicted octanol–water partition coefficient (Wildman–Crippen LogP) is 20.5. The largest absolute Gasteiger partial charge is 0.311 e. The molecule has 0 saturated carbocycles. The predicted molar refractivity (Wildman–Crippen MR) is 363 cm³/mol. The number of anilines is 9. The van der Waals surface area contributed by atoms with Gasteiger partial charge in [0.05, 0.1) is 11.4 Å². The van der Waals surface area contributed by atoms with Gasteiger partial charge in [0.15, 0.2) is 0 Å². The summed E-state index contributed by atoms with van der Waals surface area (Å²) in [6.45, 7) is 31.0. The van der Waals surface area contributed by atoms with Crippen LogP contribution < -0.4 is 31.1 Å². The monoisotopic (exact) mass is 1090 g/mol. The molecule has 0 bridgehead atoms. The van der Waals surface area contributed by atoms with Crippen LogP contribution in [-0.4, -0.2) is 6.71 Å². The normalized spacial score (nSPS) is 15.0. The molecule has 2 aliphatic heterocycles. The van der Waals surface area contributed by atoms with Crippen LogP contribution in [0.5, 0.6) is 0 Å². The first-order valence-corrected chi connectivity index (χ1v) is 30.6. The number of fused-ring (bicyclic) bond motifs is 5. The summed E-state index contributed by atoms with van der Waals surface area (Å²) in [7, 11) is 0. The number of nitrogens with zero attached hydrogens (tertiary/aromatic N) is 3. The lowest BCUT2D eigenvalue weighted by Gasteiger charge is -2.48. The number of hydrogen-bond acceptors (Lipinski definition) is 3. The van der Waals surface area contributed by atoms with E-state index < -0.39 is 0 Å². The minimum Gasteiger partial charge on any atom is -0.311 e. The van der Waals surface area contributed by atoms with Gasteiger partial charge in [0.25, 0.3) is 6.71 Å². The van der Waals surface area contributed by atoms with Crippen LogP contribution in [0.3, 0.4) is 0 Å². The smallest absolute Gasteiger partial charge is 0.252 e. The summed E-state index contributed by atoms with van der Waals surface area (Å²) in [6.07, 6.45) is 2.24. The molecular weight excluding hydrogens is 1010 g/mol. The molecule has 0 N–H and O–H groups in total. The lowest BCUT2D eigenvalue weighted by atomic mass is 9.33. The van der Waals surface area contributed by atoms with Crippen LogP contribution in [0.4, 0.5) is 51.2 Å². The fourth-order valence-corrected chi connectivity index (χ4v) is 13.7. The molecule has 0 radical (unpaired) electrons. The molecule has 10 aromatic carbocycles. The molecule has 10 aromatic rings. The van der Waals surface area contributed by atoms with Crippen LogP contribution in [0.25, 0.3) is 33.4 Å². The van der Waals surface area contributed by atoms with Crippen molar-refractivity contribution < 1.29 is 0 Å². The molecule has 2 heterocycles. The maximum atomic E-state index is 2.72. The Morgan fingerprint density at radius 3 is 1.29 bits per heavy atom. The Morgan fingerprint density at radius 2 is 0.774 bits per heavy atom. The van der Waals surface area contributed by atoms with Gasteiger partial charge >= 0.3 is 0 Å². The summed E-state index contributed by atoms with van der Waals surface area (Å²) in [5, 5.41) is 0. The van der Waals surface area contributed by atoms with E-state index in [9.17, 15) is 0 Å². The standard InChI is InChI=1S/C80H80BN3/c1-76(2,3)58-34-38-63(39-35-58)83-71-41-37-60(78(7,8)9)48-68(71)81-69-51-66-67(80(12,13)43-42-79(66,10)11)52-72(69)84(74-50-64(49-73(83)75(74)81)82(61-30-22-16-23-31-61)62-32-24-17-25-33-62)70-40-36-59(77(4,5)6)47-65(70)57-45-55(53-26-18-14-19-27-53)44-56(46-57)54-28-20-15-21-29-54/h14-41,44-52H,42-43H2,1-13H3. The van der Waals surface area contributed by atoms with Crippen molar-refractivity contribution >= 4 is 74.3 Å². The first-order chi connectivity index (χ1) is 40.0. The molecule has 13 rings (SSSR count). The molecule has 3 nitrogen and oxygen atoms in total. The van der Waals surface area contributed by atoms with Crippen molar-refractivity contribution in [2.75, 3.05) is 14.7 Å². The minimum absolute atomic E-state index is 0.00952. The van der Waals surface area contributed by atoms with Crippen LogP contribution in [0.15, 0.2) is 224 Å². The molecule has 84 heavy (non-hydrogen) atoms. The van der Waals surface area contributed by atoms with Gasteiger partial charge in [0.2, 0.25) is 0 Å². The molecule has 0 spiro atoms. The highest BCUT2D eigenvalue weighted by atomic mass is 15.2. The maximum absolute atomic E-state index is 2.72. The second kappa shape index (κ2) is 20.2. The van der Waals surface area contributed by atoms with Gasteiger partial charge in [-0.15, -0.1) is 0 Å². The van der Waals surface area contributed by atoms with E-state index in [1.165, 1.54) is 100 Å². The molecule has 0 amide bonds. The molecule has 418 valence electrons. The van der Waals surface area contributed by atoms with E-state index in [0.29, 0.717) is 0 Å². The average molecular weight is 1090 g/mol. The van der Waals surface area contributed by atoms with Crippen LogP contribution in [-0.2, 0) is 27.1 Å². The van der Waals surface area contributed by atoms with Crippen LogP contribution in [0.2, 0.25) is 0 Å². The van der Waals surface area contributed by atoms with Crippen molar-refractivity contribution in [2.24, 2.45) is 0 Å². The summed E-state index contributed by atoms with van der Waals surface area (Å²) in [4.78, 5) is 7.80. The number of rotatable bonds is 8. The summed E-state index contributed by atoms with van der Waals surface area (Å²) in [5.41, 5.74) is 28.1. The Balaban J connectivity index is 1.21. The molecule has 3 aliphatic rings. The third-order valence-electron chi connectivity index (χ3n) is 18.7. The Morgan fingerprint density at radius 1 is 0.345 bits per heavy atom. The lowest BCUT2D eigenvalue weighted by molar-refractivity contribution is 0.332. The maximum Gasteiger partial charge on any atom is 0.252 e. The van der Waals surface area contributed by atoms with Crippen LogP contribution in [0.1, 0.15) is 131 Å². The van der Waals surface area contributed by atoms with E-state index in [0.717, 1.165) is 41.3 Å². The molecule has 0 saturated heterocycles. The van der Waals surface area contributed by atoms with Crippen molar-refractivity contribution in [3.05, 3.63) is 252 Å². The Kier molecular flexibility index (Phi) is 13.2. The van der Waals surface area contributed by atoms with Gasteiger partial charge in [-0.3, -0.25) is 0 Å². The number of hydrogen-bond donors (Lipinski definition) is 0. The Labute approximate surface area is 501 Å². The van der Waals surface area contributed by atoms with Gasteiger partial charge in [0.1, 0.15) is 0 Å². The fraction of sp³-hybridized carbons (Fsp3) is 0.250. The lowest BCUT2D eigenvalue weighted by Crippen LogP contribution is -2.62. The Hall–Kier alpha value is -8.34. The van der Waals surface area contributed by atoms with Gasteiger partial charge in [-0.1, -0.05) is 223 Å². The van der Waals surface area contributed by atoms with E-state index in [-0.39, 0.29) is 33.8 Å².